The number of hydrogen-bond acceptors (Lipinski definition) is 3. The third-order valence-electron chi connectivity index (χ3n) is 2.48. The lowest BCUT2D eigenvalue weighted by molar-refractivity contribution is -0.129. The fraction of sp³-hybridized carbons (Fsp3) is 0.636. The van der Waals surface area contributed by atoms with Gasteiger partial charge >= 0.3 is 0 Å². The van der Waals surface area contributed by atoms with Crippen molar-refractivity contribution in [3.63, 3.8) is 0 Å². The SMILES string of the molecule is CC(C)C(O)C(=O)CCc1nccn1C. The number of aryl methyl sites for hydroxylation is 2. The summed E-state index contributed by atoms with van der Waals surface area (Å²) in [7, 11) is 1.89. The van der Waals surface area contributed by atoms with E-state index in [0.29, 0.717) is 12.8 Å². The molecule has 1 rings (SSSR count). The molecule has 0 bridgehead atoms. The number of aliphatic hydroxyl groups is 1. The molecule has 4 heteroatoms. The minimum Gasteiger partial charge on any atom is -0.385 e. The molecular formula is C11H18N2O2. The highest BCUT2D eigenvalue weighted by Gasteiger charge is 2.18. The van der Waals surface area contributed by atoms with E-state index in [1.165, 1.54) is 0 Å². The van der Waals surface area contributed by atoms with Gasteiger partial charge in [0.25, 0.3) is 0 Å². The third kappa shape index (κ3) is 3.16. The van der Waals surface area contributed by atoms with Crippen molar-refractivity contribution in [1.82, 2.24) is 9.55 Å². The smallest absolute Gasteiger partial charge is 0.161 e. The molecule has 0 aliphatic carbocycles. The predicted molar refractivity (Wildman–Crippen MR) is 57.4 cm³/mol. The Labute approximate surface area is 89.9 Å². The zero-order valence-electron chi connectivity index (χ0n) is 9.47. The van der Waals surface area contributed by atoms with Crippen molar-refractivity contribution in [3.05, 3.63) is 18.2 Å². The van der Waals surface area contributed by atoms with Crippen LogP contribution in [0.3, 0.4) is 0 Å². The minimum atomic E-state index is -0.842. The van der Waals surface area contributed by atoms with Crippen LogP contribution in [0.25, 0.3) is 0 Å². The number of ketones is 1. The van der Waals surface area contributed by atoms with E-state index in [2.05, 4.69) is 4.98 Å². The van der Waals surface area contributed by atoms with E-state index < -0.39 is 6.10 Å². The predicted octanol–water partition coefficient (Wildman–Crippen LogP) is 0.939. The number of rotatable bonds is 5. The van der Waals surface area contributed by atoms with Gasteiger partial charge in [0, 0.05) is 32.3 Å². The molecule has 0 fully saturated rings. The summed E-state index contributed by atoms with van der Waals surface area (Å²) < 4.78 is 1.88. The van der Waals surface area contributed by atoms with Gasteiger partial charge in [0.05, 0.1) is 0 Å². The van der Waals surface area contributed by atoms with Crippen LogP contribution in [0.15, 0.2) is 12.4 Å². The van der Waals surface area contributed by atoms with Gasteiger partial charge in [0.15, 0.2) is 5.78 Å². The first-order valence-corrected chi connectivity index (χ1v) is 5.19. The highest BCUT2D eigenvalue weighted by atomic mass is 16.3. The van der Waals surface area contributed by atoms with Crippen LogP contribution in [-0.4, -0.2) is 26.5 Å². The summed E-state index contributed by atoms with van der Waals surface area (Å²) in [5, 5.41) is 9.52. The molecule has 1 atom stereocenters. The maximum Gasteiger partial charge on any atom is 0.161 e. The molecule has 0 aliphatic rings. The summed E-state index contributed by atoms with van der Waals surface area (Å²) in [4.78, 5) is 15.6. The average Bonchev–Trinajstić information content (AvgIpc) is 2.59. The van der Waals surface area contributed by atoms with Gasteiger partial charge in [-0.25, -0.2) is 4.98 Å². The minimum absolute atomic E-state index is 0.0149. The first-order valence-electron chi connectivity index (χ1n) is 5.19. The lowest BCUT2D eigenvalue weighted by atomic mass is 10.00. The first-order chi connectivity index (χ1) is 7.02. The molecule has 15 heavy (non-hydrogen) atoms. The van der Waals surface area contributed by atoms with E-state index in [9.17, 15) is 9.90 Å². The van der Waals surface area contributed by atoms with E-state index >= 15 is 0 Å². The lowest BCUT2D eigenvalue weighted by Crippen LogP contribution is -2.26. The Morgan fingerprint density at radius 3 is 2.73 bits per heavy atom. The van der Waals surface area contributed by atoms with Crippen LogP contribution in [-0.2, 0) is 18.3 Å². The highest BCUT2D eigenvalue weighted by molar-refractivity contribution is 5.83. The standard InChI is InChI=1S/C11H18N2O2/c1-8(2)11(15)9(14)4-5-10-12-6-7-13(10)3/h6-8,11,15H,4-5H2,1-3H3. The van der Waals surface area contributed by atoms with Crippen LogP contribution < -0.4 is 0 Å². The van der Waals surface area contributed by atoms with Gasteiger partial charge in [-0.2, -0.15) is 0 Å². The molecule has 0 saturated carbocycles. The topological polar surface area (TPSA) is 55.1 Å². The number of hydrogen-bond donors (Lipinski definition) is 1. The molecule has 1 N–H and O–H groups in total. The molecule has 0 spiro atoms. The molecular weight excluding hydrogens is 192 g/mol. The average molecular weight is 210 g/mol. The van der Waals surface area contributed by atoms with E-state index in [0.717, 1.165) is 5.82 Å². The quantitative estimate of drug-likeness (QED) is 0.787. The van der Waals surface area contributed by atoms with Crippen LogP contribution in [0.1, 0.15) is 26.1 Å². The van der Waals surface area contributed by atoms with E-state index in [-0.39, 0.29) is 11.7 Å². The van der Waals surface area contributed by atoms with Crippen LogP contribution >= 0.6 is 0 Å². The summed E-state index contributed by atoms with van der Waals surface area (Å²) in [6, 6.07) is 0. The van der Waals surface area contributed by atoms with Crippen molar-refractivity contribution in [2.45, 2.75) is 32.8 Å². The Morgan fingerprint density at radius 1 is 1.60 bits per heavy atom. The molecule has 84 valence electrons. The van der Waals surface area contributed by atoms with Crippen LogP contribution in [0.5, 0.6) is 0 Å². The molecule has 1 heterocycles. The van der Waals surface area contributed by atoms with Crippen LogP contribution in [0.4, 0.5) is 0 Å². The fourth-order valence-electron chi connectivity index (χ4n) is 1.39. The number of carbonyl (C=O) groups is 1. The largest absolute Gasteiger partial charge is 0.385 e. The van der Waals surface area contributed by atoms with Crippen molar-refractivity contribution in [2.75, 3.05) is 0 Å². The number of aromatic nitrogens is 2. The number of Topliss-reactive ketones (excluding diaryl/α,β-unsaturated/α-hetero) is 1. The van der Waals surface area contributed by atoms with Gasteiger partial charge in [-0.15, -0.1) is 0 Å². The molecule has 0 aromatic carbocycles. The van der Waals surface area contributed by atoms with Crippen molar-refractivity contribution in [3.8, 4) is 0 Å². The summed E-state index contributed by atoms with van der Waals surface area (Å²) in [6.45, 7) is 3.67. The second kappa shape index (κ2) is 5.07. The third-order valence-corrected chi connectivity index (χ3v) is 2.48. The maximum atomic E-state index is 11.5. The van der Waals surface area contributed by atoms with Gasteiger partial charge in [-0.05, 0) is 5.92 Å². The van der Waals surface area contributed by atoms with Gasteiger partial charge in [-0.1, -0.05) is 13.8 Å². The first kappa shape index (κ1) is 11.9. The zero-order valence-corrected chi connectivity index (χ0v) is 9.47. The Kier molecular flexibility index (Phi) is 4.03. The summed E-state index contributed by atoms with van der Waals surface area (Å²) >= 11 is 0. The van der Waals surface area contributed by atoms with Crippen molar-refractivity contribution >= 4 is 5.78 Å². The van der Waals surface area contributed by atoms with Gasteiger partial charge < -0.3 is 9.67 Å². The van der Waals surface area contributed by atoms with Gasteiger partial charge in [0.2, 0.25) is 0 Å². The second-order valence-electron chi connectivity index (χ2n) is 4.11. The molecule has 0 aliphatic heterocycles. The van der Waals surface area contributed by atoms with Crippen molar-refractivity contribution < 1.29 is 9.90 Å². The molecule has 4 nitrogen and oxygen atoms in total. The molecule has 0 amide bonds. The number of carbonyl (C=O) groups excluding carboxylic acids is 1. The number of nitrogens with zero attached hydrogens (tertiary/aromatic N) is 2. The van der Waals surface area contributed by atoms with Crippen LogP contribution in [0, 0.1) is 5.92 Å². The van der Waals surface area contributed by atoms with E-state index in [1.54, 1.807) is 6.20 Å². The Hall–Kier alpha value is -1.16. The van der Waals surface area contributed by atoms with Crippen LogP contribution in [0.2, 0.25) is 0 Å². The van der Waals surface area contributed by atoms with Crippen molar-refractivity contribution in [2.24, 2.45) is 13.0 Å². The summed E-state index contributed by atoms with van der Waals surface area (Å²) in [5.41, 5.74) is 0. The van der Waals surface area contributed by atoms with E-state index in [4.69, 9.17) is 0 Å². The fourth-order valence-corrected chi connectivity index (χ4v) is 1.39. The molecule has 1 unspecified atom stereocenters. The number of aliphatic hydroxyl groups excluding tert-OH is 1. The van der Waals surface area contributed by atoms with Gasteiger partial charge in [-0.3, -0.25) is 4.79 Å². The number of imidazole rings is 1. The zero-order chi connectivity index (χ0) is 11.4. The summed E-state index contributed by atoms with van der Waals surface area (Å²) in [6.07, 6.45) is 3.65. The normalized spacial score (nSPS) is 13.1. The monoisotopic (exact) mass is 210 g/mol. The Balaban J connectivity index is 2.44. The molecule has 1 aromatic heterocycles. The maximum absolute atomic E-state index is 11.5. The highest BCUT2D eigenvalue weighted by Crippen LogP contribution is 2.07. The second-order valence-corrected chi connectivity index (χ2v) is 4.11. The van der Waals surface area contributed by atoms with Gasteiger partial charge in [0.1, 0.15) is 11.9 Å². The molecule has 0 saturated heterocycles. The Bertz CT molecular complexity index is 331. The van der Waals surface area contributed by atoms with E-state index in [1.807, 2.05) is 31.7 Å². The molecule has 1 aromatic rings. The van der Waals surface area contributed by atoms with Crippen molar-refractivity contribution in [1.29, 1.82) is 0 Å². The molecule has 0 radical (unpaired) electrons. The Morgan fingerprint density at radius 2 is 2.27 bits per heavy atom. The lowest BCUT2D eigenvalue weighted by Gasteiger charge is -2.12. The summed E-state index contributed by atoms with van der Waals surface area (Å²) in [5.74, 6) is 0.756.